The predicted molar refractivity (Wildman–Crippen MR) is 50.1 cm³/mol. The number of halogens is 2. The maximum atomic E-state index is 10.7. The van der Waals surface area contributed by atoms with Crippen molar-refractivity contribution in [1.29, 1.82) is 0 Å². The third-order valence-electron chi connectivity index (χ3n) is 2.21. The summed E-state index contributed by atoms with van der Waals surface area (Å²) in [5, 5.41) is 8.79. The Balaban J connectivity index is 2.58. The van der Waals surface area contributed by atoms with Crippen molar-refractivity contribution in [3.8, 4) is 0 Å². The average molecular weight is 286 g/mol. The molecule has 0 aromatic carbocycles. The molecule has 1 aliphatic rings. The highest BCUT2D eigenvalue weighted by Crippen LogP contribution is 2.39. The van der Waals surface area contributed by atoms with E-state index in [4.69, 9.17) is 5.11 Å². The first-order valence-electron chi connectivity index (χ1n) is 3.64. The van der Waals surface area contributed by atoms with Crippen LogP contribution in [0.4, 0.5) is 0 Å². The van der Waals surface area contributed by atoms with Crippen LogP contribution in [0.25, 0.3) is 0 Å². The molecule has 0 aliphatic heterocycles. The number of hydrogen-bond acceptors (Lipinski definition) is 1. The van der Waals surface area contributed by atoms with Crippen molar-refractivity contribution in [1.82, 2.24) is 0 Å². The van der Waals surface area contributed by atoms with Crippen LogP contribution in [-0.4, -0.2) is 14.8 Å². The van der Waals surface area contributed by atoms with E-state index < -0.39 is 5.97 Å². The molecular formula is C7H10Br2O2. The van der Waals surface area contributed by atoms with Gasteiger partial charge in [0.2, 0.25) is 0 Å². The molecule has 4 heteroatoms. The normalized spacial score (nSPS) is 31.2. The van der Waals surface area contributed by atoms with Crippen LogP contribution in [0.2, 0.25) is 0 Å². The maximum absolute atomic E-state index is 10.7. The van der Waals surface area contributed by atoms with Gasteiger partial charge in [0.25, 0.3) is 0 Å². The first-order valence-corrected chi connectivity index (χ1v) is 5.47. The lowest BCUT2D eigenvalue weighted by Crippen LogP contribution is -2.22. The molecule has 1 fully saturated rings. The van der Waals surface area contributed by atoms with Gasteiger partial charge in [0, 0.05) is 0 Å². The average Bonchev–Trinajstić information content (AvgIpc) is 2.32. The minimum Gasteiger partial charge on any atom is -0.481 e. The van der Waals surface area contributed by atoms with E-state index in [0.717, 1.165) is 19.3 Å². The second-order valence-electron chi connectivity index (χ2n) is 2.87. The zero-order valence-electron chi connectivity index (χ0n) is 5.96. The first kappa shape index (κ1) is 9.52. The second-order valence-corrected chi connectivity index (χ2v) is 6.08. The van der Waals surface area contributed by atoms with Crippen LogP contribution in [-0.2, 0) is 4.79 Å². The van der Waals surface area contributed by atoms with E-state index in [2.05, 4.69) is 31.9 Å². The van der Waals surface area contributed by atoms with Gasteiger partial charge in [-0.1, -0.05) is 38.3 Å². The monoisotopic (exact) mass is 284 g/mol. The van der Waals surface area contributed by atoms with Crippen molar-refractivity contribution in [2.24, 2.45) is 11.8 Å². The third kappa shape index (κ3) is 2.18. The van der Waals surface area contributed by atoms with Gasteiger partial charge in [0.15, 0.2) is 0 Å². The standard InChI is InChI=1S/C7H10Br2O2/c8-6(9)4-2-1-3-5(4)7(10)11/h4-6H,1-3H2,(H,10,11). The summed E-state index contributed by atoms with van der Waals surface area (Å²) in [4.78, 5) is 10.7. The van der Waals surface area contributed by atoms with Gasteiger partial charge < -0.3 is 5.11 Å². The molecule has 0 saturated heterocycles. The van der Waals surface area contributed by atoms with Crippen molar-refractivity contribution in [2.75, 3.05) is 0 Å². The number of rotatable bonds is 2. The number of carboxylic acid groups (broad SMARTS) is 1. The van der Waals surface area contributed by atoms with Crippen LogP contribution in [0.5, 0.6) is 0 Å². The molecule has 1 rings (SSSR count). The van der Waals surface area contributed by atoms with Crippen LogP contribution in [0.1, 0.15) is 19.3 Å². The fourth-order valence-corrected chi connectivity index (χ4v) is 2.86. The number of hydrogen-bond donors (Lipinski definition) is 1. The number of carboxylic acids is 1. The zero-order chi connectivity index (χ0) is 8.43. The molecular weight excluding hydrogens is 276 g/mol. The highest BCUT2D eigenvalue weighted by atomic mass is 79.9. The molecule has 0 spiro atoms. The fourth-order valence-electron chi connectivity index (χ4n) is 1.60. The van der Waals surface area contributed by atoms with E-state index in [9.17, 15) is 4.79 Å². The van der Waals surface area contributed by atoms with E-state index >= 15 is 0 Å². The van der Waals surface area contributed by atoms with Crippen LogP contribution < -0.4 is 0 Å². The number of alkyl halides is 2. The topological polar surface area (TPSA) is 37.3 Å². The highest BCUT2D eigenvalue weighted by Gasteiger charge is 2.35. The first-order chi connectivity index (χ1) is 5.13. The van der Waals surface area contributed by atoms with Crippen molar-refractivity contribution in [3.05, 3.63) is 0 Å². The molecule has 0 amide bonds. The lowest BCUT2D eigenvalue weighted by Gasteiger charge is -2.16. The summed E-state index contributed by atoms with van der Waals surface area (Å²) in [6.07, 6.45) is 2.88. The maximum Gasteiger partial charge on any atom is 0.306 e. The molecule has 0 heterocycles. The number of aliphatic carboxylic acids is 1. The van der Waals surface area contributed by atoms with Gasteiger partial charge in [0.05, 0.1) is 9.65 Å². The van der Waals surface area contributed by atoms with E-state index in [1.54, 1.807) is 0 Å². The van der Waals surface area contributed by atoms with Gasteiger partial charge in [0.1, 0.15) is 0 Å². The molecule has 1 aliphatic carbocycles. The Labute approximate surface area is 82.6 Å². The summed E-state index contributed by atoms with van der Waals surface area (Å²) < 4.78 is 0.151. The Morgan fingerprint density at radius 1 is 1.45 bits per heavy atom. The second kappa shape index (κ2) is 3.90. The van der Waals surface area contributed by atoms with Crippen LogP contribution >= 0.6 is 31.9 Å². The van der Waals surface area contributed by atoms with E-state index in [1.165, 1.54) is 0 Å². The Kier molecular flexibility index (Phi) is 3.37. The lowest BCUT2D eigenvalue weighted by atomic mass is 9.99. The summed E-state index contributed by atoms with van der Waals surface area (Å²) in [6, 6.07) is 0. The predicted octanol–water partition coefficient (Wildman–Crippen LogP) is 2.60. The van der Waals surface area contributed by atoms with Crippen molar-refractivity contribution >= 4 is 37.8 Å². The minimum atomic E-state index is -0.656. The molecule has 0 radical (unpaired) electrons. The SMILES string of the molecule is O=C(O)C1CCCC1C(Br)Br. The minimum absolute atomic E-state index is 0.151. The fraction of sp³-hybridized carbons (Fsp3) is 0.857. The zero-order valence-corrected chi connectivity index (χ0v) is 9.14. The third-order valence-corrected chi connectivity index (χ3v) is 3.57. The van der Waals surface area contributed by atoms with Gasteiger partial charge in [-0.25, -0.2) is 0 Å². The van der Waals surface area contributed by atoms with Gasteiger partial charge in [-0.05, 0) is 18.8 Å². The Bertz CT molecular complexity index is 159. The highest BCUT2D eigenvalue weighted by molar-refractivity contribution is 9.24. The summed E-state index contributed by atoms with van der Waals surface area (Å²) >= 11 is 6.73. The van der Waals surface area contributed by atoms with Crippen LogP contribution in [0.3, 0.4) is 0 Å². The Hall–Kier alpha value is 0.430. The molecule has 1 N–H and O–H groups in total. The summed E-state index contributed by atoms with van der Waals surface area (Å²) in [5.74, 6) is -0.553. The molecule has 0 aromatic heterocycles. The molecule has 0 aromatic rings. The quantitative estimate of drug-likeness (QED) is 0.792. The van der Waals surface area contributed by atoms with Crippen LogP contribution in [0.15, 0.2) is 0 Å². The van der Waals surface area contributed by atoms with Gasteiger partial charge in [-0.3, -0.25) is 4.79 Å². The Morgan fingerprint density at radius 2 is 2.09 bits per heavy atom. The summed E-state index contributed by atoms with van der Waals surface area (Å²) in [6.45, 7) is 0. The van der Waals surface area contributed by atoms with E-state index in [-0.39, 0.29) is 15.6 Å². The van der Waals surface area contributed by atoms with Crippen molar-refractivity contribution in [3.63, 3.8) is 0 Å². The number of carbonyl (C=O) groups is 1. The molecule has 1 saturated carbocycles. The van der Waals surface area contributed by atoms with Crippen molar-refractivity contribution in [2.45, 2.75) is 23.0 Å². The van der Waals surface area contributed by atoms with Gasteiger partial charge in [-0.15, -0.1) is 0 Å². The summed E-state index contributed by atoms with van der Waals surface area (Å²) in [5.41, 5.74) is 0. The van der Waals surface area contributed by atoms with Crippen molar-refractivity contribution < 1.29 is 9.90 Å². The molecule has 64 valence electrons. The van der Waals surface area contributed by atoms with E-state index in [1.807, 2.05) is 0 Å². The van der Waals surface area contributed by atoms with Gasteiger partial charge in [-0.2, -0.15) is 0 Å². The molecule has 0 bridgehead atoms. The largest absolute Gasteiger partial charge is 0.481 e. The Morgan fingerprint density at radius 3 is 2.45 bits per heavy atom. The molecule has 2 nitrogen and oxygen atoms in total. The molecule has 2 unspecified atom stereocenters. The molecule has 11 heavy (non-hydrogen) atoms. The smallest absolute Gasteiger partial charge is 0.306 e. The van der Waals surface area contributed by atoms with Crippen LogP contribution in [0, 0.1) is 11.8 Å². The molecule has 2 atom stereocenters. The van der Waals surface area contributed by atoms with E-state index in [0.29, 0.717) is 0 Å². The van der Waals surface area contributed by atoms with Gasteiger partial charge >= 0.3 is 5.97 Å². The summed E-state index contributed by atoms with van der Waals surface area (Å²) in [7, 11) is 0. The lowest BCUT2D eigenvalue weighted by molar-refractivity contribution is -0.142.